The minimum Gasteiger partial charge on any atom is -0.310 e. The van der Waals surface area contributed by atoms with Gasteiger partial charge in [-0.15, -0.1) is 0 Å². The summed E-state index contributed by atoms with van der Waals surface area (Å²) in [4.78, 5) is 17.7. The van der Waals surface area contributed by atoms with E-state index in [-0.39, 0.29) is 23.2 Å². The molecule has 2 aliphatic heterocycles. The summed E-state index contributed by atoms with van der Waals surface area (Å²) in [5.74, 6) is 0.236. The van der Waals surface area contributed by atoms with Gasteiger partial charge in [0.05, 0.1) is 5.75 Å². The third-order valence-corrected chi connectivity index (χ3v) is 5.89. The normalized spacial score (nSPS) is 26.1. The van der Waals surface area contributed by atoms with Crippen LogP contribution in [-0.2, 0) is 19.7 Å². The van der Waals surface area contributed by atoms with Gasteiger partial charge in [0.25, 0.3) is 0 Å². The number of nitrogens with one attached hydrogen (secondary N) is 2. The first-order valence-corrected chi connectivity index (χ1v) is 9.20. The Labute approximate surface area is 132 Å². The summed E-state index contributed by atoms with van der Waals surface area (Å²) < 4.78 is 25.4. The van der Waals surface area contributed by atoms with Crippen molar-refractivity contribution in [3.63, 3.8) is 0 Å². The van der Waals surface area contributed by atoms with Gasteiger partial charge in [-0.1, -0.05) is 27.7 Å². The van der Waals surface area contributed by atoms with Crippen molar-refractivity contribution in [3.8, 4) is 0 Å². The van der Waals surface area contributed by atoms with Gasteiger partial charge in [-0.25, -0.2) is 8.42 Å². The van der Waals surface area contributed by atoms with Crippen LogP contribution in [0.2, 0.25) is 0 Å². The first-order chi connectivity index (χ1) is 10.1. The average molecular weight is 331 g/mol. The van der Waals surface area contributed by atoms with Crippen molar-refractivity contribution in [3.05, 3.63) is 11.9 Å². The molecule has 8 heteroatoms. The highest BCUT2D eigenvalue weighted by Gasteiger charge is 2.42. The molecule has 22 heavy (non-hydrogen) atoms. The highest BCUT2D eigenvalue weighted by molar-refractivity contribution is 7.89. The second-order valence-corrected chi connectivity index (χ2v) is 8.85. The van der Waals surface area contributed by atoms with Gasteiger partial charge >= 0.3 is 0 Å². The van der Waals surface area contributed by atoms with Crippen LogP contribution in [0.4, 0.5) is 0 Å². The number of hydroxylamine groups is 1. The molecule has 0 radical (unpaired) electrons. The second kappa shape index (κ2) is 6.17. The van der Waals surface area contributed by atoms with E-state index in [9.17, 15) is 13.2 Å². The quantitative estimate of drug-likeness (QED) is 0.774. The van der Waals surface area contributed by atoms with Crippen molar-refractivity contribution < 1.29 is 18.0 Å². The fraction of sp³-hybridized carbons (Fsp3) is 0.786. The lowest BCUT2D eigenvalue weighted by Gasteiger charge is -2.38. The Morgan fingerprint density at radius 1 is 1.50 bits per heavy atom. The highest BCUT2D eigenvalue weighted by Crippen LogP contribution is 2.27. The SMILES string of the molecule is CCCS(=O)(=O)N1CC[C@H]1C(=O)NC1=CC(C(C)(C)C)ON1. The molecule has 1 unspecified atom stereocenters. The summed E-state index contributed by atoms with van der Waals surface area (Å²) in [6.45, 7) is 8.32. The summed E-state index contributed by atoms with van der Waals surface area (Å²) >= 11 is 0. The van der Waals surface area contributed by atoms with E-state index in [1.165, 1.54) is 4.31 Å². The fourth-order valence-corrected chi connectivity index (χ4v) is 4.11. The molecule has 0 bridgehead atoms. The number of carbonyl (C=O) groups excluding carboxylic acids is 1. The third-order valence-electron chi connectivity index (χ3n) is 3.82. The molecular weight excluding hydrogens is 306 g/mol. The molecule has 1 saturated heterocycles. The first-order valence-electron chi connectivity index (χ1n) is 7.59. The minimum atomic E-state index is -3.33. The summed E-state index contributed by atoms with van der Waals surface area (Å²) in [5.41, 5.74) is 2.60. The van der Waals surface area contributed by atoms with Crippen LogP contribution in [0, 0.1) is 5.41 Å². The lowest BCUT2D eigenvalue weighted by Crippen LogP contribution is -2.58. The van der Waals surface area contributed by atoms with Crippen LogP contribution in [0.15, 0.2) is 11.9 Å². The number of carbonyl (C=O) groups is 1. The summed E-state index contributed by atoms with van der Waals surface area (Å²) in [6.07, 6.45) is 2.75. The minimum absolute atomic E-state index is 0.0763. The van der Waals surface area contributed by atoms with Gasteiger partial charge in [0.2, 0.25) is 15.9 Å². The van der Waals surface area contributed by atoms with Gasteiger partial charge in [-0.3, -0.25) is 15.1 Å². The largest absolute Gasteiger partial charge is 0.310 e. The lowest BCUT2D eigenvalue weighted by atomic mass is 9.89. The molecule has 2 rings (SSSR count). The van der Waals surface area contributed by atoms with Crippen LogP contribution >= 0.6 is 0 Å². The fourth-order valence-electron chi connectivity index (χ4n) is 2.39. The Morgan fingerprint density at radius 3 is 2.64 bits per heavy atom. The van der Waals surface area contributed by atoms with E-state index >= 15 is 0 Å². The van der Waals surface area contributed by atoms with E-state index in [4.69, 9.17) is 4.84 Å². The van der Waals surface area contributed by atoms with E-state index in [1.807, 2.05) is 27.7 Å². The molecule has 1 fully saturated rings. The number of amides is 1. The monoisotopic (exact) mass is 331 g/mol. The number of rotatable bonds is 5. The molecule has 2 atom stereocenters. The second-order valence-electron chi connectivity index (χ2n) is 6.81. The van der Waals surface area contributed by atoms with E-state index in [2.05, 4.69) is 10.8 Å². The van der Waals surface area contributed by atoms with Gasteiger partial charge in [0, 0.05) is 6.54 Å². The molecule has 0 aromatic carbocycles. The topological polar surface area (TPSA) is 87.7 Å². The summed E-state index contributed by atoms with van der Waals surface area (Å²) in [7, 11) is -3.33. The van der Waals surface area contributed by atoms with Crippen LogP contribution in [0.1, 0.15) is 40.5 Å². The maximum atomic E-state index is 12.2. The average Bonchev–Trinajstić information content (AvgIpc) is 2.74. The molecule has 0 aromatic rings. The molecule has 0 aromatic heterocycles. The van der Waals surface area contributed by atoms with Crippen molar-refractivity contribution in [1.82, 2.24) is 15.1 Å². The molecule has 7 nitrogen and oxygen atoms in total. The van der Waals surface area contributed by atoms with Gasteiger partial charge in [-0.2, -0.15) is 4.31 Å². The molecule has 2 aliphatic rings. The maximum Gasteiger partial charge on any atom is 0.244 e. The Balaban J connectivity index is 1.97. The van der Waals surface area contributed by atoms with Crippen molar-refractivity contribution in [2.45, 2.75) is 52.7 Å². The van der Waals surface area contributed by atoms with Crippen LogP contribution in [0.3, 0.4) is 0 Å². The Morgan fingerprint density at radius 2 is 2.18 bits per heavy atom. The predicted molar refractivity (Wildman–Crippen MR) is 82.9 cm³/mol. The predicted octanol–water partition coefficient (Wildman–Crippen LogP) is 0.708. The number of hydrogen-bond acceptors (Lipinski definition) is 5. The molecule has 0 spiro atoms. The molecule has 126 valence electrons. The Kier molecular flexibility index (Phi) is 4.84. The summed E-state index contributed by atoms with van der Waals surface area (Å²) in [5, 5.41) is 2.71. The van der Waals surface area contributed by atoms with Crippen molar-refractivity contribution >= 4 is 15.9 Å². The molecule has 2 heterocycles. The van der Waals surface area contributed by atoms with Crippen molar-refractivity contribution in [1.29, 1.82) is 0 Å². The molecule has 0 aliphatic carbocycles. The van der Waals surface area contributed by atoms with Crippen molar-refractivity contribution in [2.24, 2.45) is 5.41 Å². The molecule has 0 saturated carbocycles. The van der Waals surface area contributed by atoms with Gasteiger partial charge < -0.3 is 5.32 Å². The van der Waals surface area contributed by atoms with E-state index in [0.29, 0.717) is 25.2 Å². The zero-order valence-electron chi connectivity index (χ0n) is 13.5. The van der Waals surface area contributed by atoms with E-state index in [1.54, 1.807) is 6.08 Å². The van der Waals surface area contributed by atoms with E-state index in [0.717, 1.165) is 0 Å². The van der Waals surface area contributed by atoms with Gasteiger partial charge in [-0.05, 0) is 24.3 Å². The zero-order valence-corrected chi connectivity index (χ0v) is 14.4. The van der Waals surface area contributed by atoms with Gasteiger partial charge in [0.15, 0.2) is 0 Å². The van der Waals surface area contributed by atoms with Crippen LogP contribution in [0.5, 0.6) is 0 Å². The standard InChI is InChI=1S/C14H25N3O4S/c1-5-8-22(19,20)17-7-6-10(17)13(18)15-12-9-11(21-16-12)14(2,3)4/h9-11,16H,5-8H2,1-4H3,(H,15,18)/t10-,11?/m0/s1. The first kappa shape index (κ1) is 17.2. The van der Waals surface area contributed by atoms with Crippen LogP contribution in [0.25, 0.3) is 0 Å². The number of hydrogen-bond donors (Lipinski definition) is 2. The molecular formula is C14H25N3O4S. The zero-order chi connectivity index (χ0) is 16.5. The highest BCUT2D eigenvalue weighted by atomic mass is 32.2. The third kappa shape index (κ3) is 3.61. The number of nitrogens with zero attached hydrogens (tertiary/aromatic N) is 1. The summed E-state index contributed by atoms with van der Waals surface area (Å²) in [6, 6.07) is -0.618. The van der Waals surface area contributed by atoms with Crippen LogP contribution < -0.4 is 10.8 Å². The Bertz CT molecular complexity index is 565. The lowest BCUT2D eigenvalue weighted by molar-refractivity contribution is -0.127. The van der Waals surface area contributed by atoms with Crippen LogP contribution in [-0.4, -0.2) is 43.1 Å². The molecule has 1 amide bonds. The number of sulfonamides is 1. The smallest absolute Gasteiger partial charge is 0.244 e. The molecule has 2 N–H and O–H groups in total. The van der Waals surface area contributed by atoms with Crippen molar-refractivity contribution in [2.75, 3.05) is 12.3 Å². The maximum absolute atomic E-state index is 12.2. The van der Waals surface area contributed by atoms with E-state index < -0.39 is 16.1 Å². The van der Waals surface area contributed by atoms with Gasteiger partial charge in [0.1, 0.15) is 18.0 Å². The Hall–Kier alpha value is -1.12.